The van der Waals surface area contributed by atoms with Gasteiger partial charge in [0.2, 0.25) is 0 Å². The third-order valence-electron chi connectivity index (χ3n) is 8.10. The molecule has 5 rings (SSSR count). The zero-order valence-corrected chi connectivity index (χ0v) is 24.1. The lowest BCUT2D eigenvalue weighted by atomic mass is 9.69. The number of halogens is 5. The van der Waals surface area contributed by atoms with Crippen LogP contribution in [0.25, 0.3) is 11.3 Å². The van der Waals surface area contributed by atoms with Crippen LogP contribution in [0.4, 0.5) is 22.0 Å². The van der Waals surface area contributed by atoms with Crippen molar-refractivity contribution in [2.45, 2.75) is 51.6 Å². The van der Waals surface area contributed by atoms with Crippen molar-refractivity contribution < 1.29 is 40.8 Å². The van der Waals surface area contributed by atoms with Crippen molar-refractivity contribution in [1.82, 2.24) is 15.0 Å². The second kappa shape index (κ2) is 11.2. The number of rotatable bonds is 11. The summed E-state index contributed by atoms with van der Waals surface area (Å²) in [7, 11) is 0. The molecule has 3 aromatic rings. The van der Waals surface area contributed by atoms with E-state index in [0.717, 1.165) is 18.7 Å². The highest BCUT2D eigenvalue weighted by Crippen LogP contribution is 2.43. The van der Waals surface area contributed by atoms with Gasteiger partial charge in [0.05, 0.1) is 18.8 Å². The molecular formula is C31H32F5N3O4. The number of ketones is 2. The second-order valence-corrected chi connectivity index (χ2v) is 12.9. The molecular weight excluding hydrogens is 573 g/mol. The topological polar surface area (TPSA) is 85.5 Å². The number of pyridine rings is 1. The Morgan fingerprint density at radius 1 is 1.00 bits per heavy atom. The van der Waals surface area contributed by atoms with Gasteiger partial charge >= 0.3 is 6.18 Å². The minimum atomic E-state index is -4.61. The largest absolute Gasteiger partial charge is 0.433 e. The number of likely N-dealkylation sites (tertiary alicyclic amines) is 1. The highest BCUT2D eigenvalue weighted by atomic mass is 19.4. The molecule has 4 heterocycles. The van der Waals surface area contributed by atoms with Gasteiger partial charge in [-0.15, -0.1) is 0 Å². The van der Waals surface area contributed by atoms with Crippen LogP contribution in [0.5, 0.6) is 0 Å². The maximum absolute atomic E-state index is 14.3. The van der Waals surface area contributed by atoms with Gasteiger partial charge in [-0.2, -0.15) is 13.2 Å². The fourth-order valence-corrected chi connectivity index (χ4v) is 6.07. The van der Waals surface area contributed by atoms with Crippen LogP contribution < -0.4 is 0 Å². The number of aromatic nitrogens is 2. The second-order valence-electron chi connectivity index (χ2n) is 12.9. The molecule has 1 aromatic carbocycles. The average molecular weight is 606 g/mol. The van der Waals surface area contributed by atoms with Gasteiger partial charge in [-0.05, 0) is 24.3 Å². The fraction of sp³-hybridized carbons (Fsp3) is 0.484. The zero-order valence-electron chi connectivity index (χ0n) is 24.1. The van der Waals surface area contributed by atoms with Crippen LogP contribution in [0, 0.1) is 22.5 Å². The number of hydrogen-bond donors (Lipinski definition) is 0. The molecule has 2 aromatic heterocycles. The van der Waals surface area contributed by atoms with Gasteiger partial charge in [0.15, 0.2) is 11.5 Å². The van der Waals surface area contributed by atoms with Crippen LogP contribution >= 0.6 is 0 Å². The van der Waals surface area contributed by atoms with E-state index < -0.39 is 40.1 Å². The first-order valence-electron chi connectivity index (χ1n) is 13.9. The SMILES string of the molecule is CC1(CN2CC(CC(=O)CC(C)(C)c3cccc(C(F)(F)F)n3)(CC(=O)c3cc(-c4ccc(F)cc4F)on3)C2)COC1. The van der Waals surface area contributed by atoms with Crippen LogP contribution in [-0.2, 0) is 21.1 Å². The fourth-order valence-electron chi connectivity index (χ4n) is 6.07. The molecule has 43 heavy (non-hydrogen) atoms. The van der Waals surface area contributed by atoms with Gasteiger partial charge in [0.1, 0.15) is 28.8 Å². The lowest BCUT2D eigenvalue weighted by Crippen LogP contribution is -2.62. The molecule has 0 bridgehead atoms. The molecule has 0 unspecified atom stereocenters. The summed E-state index contributed by atoms with van der Waals surface area (Å²) in [6.45, 7) is 8.32. The number of nitrogens with zero attached hydrogens (tertiary/aromatic N) is 3. The van der Waals surface area contributed by atoms with E-state index in [-0.39, 0.29) is 53.2 Å². The number of Topliss-reactive ketones (excluding diaryl/α,β-unsaturated/α-hetero) is 2. The predicted molar refractivity (Wildman–Crippen MR) is 145 cm³/mol. The molecule has 2 aliphatic heterocycles. The number of carbonyl (C=O) groups is 2. The Labute approximate surface area is 245 Å². The summed E-state index contributed by atoms with van der Waals surface area (Å²) < 4.78 is 77.9. The summed E-state index contributed by atoms with van der Waals surface area (Å²) in [5, 5.41) is 3.81. The normalized spacial score (nSPS) is 18.1. The summed E-state index contributed by atoms with van der Waals surface area (Å²) in [5.41, 5.74) is -2.69. The molecule has 0 radical (unpaired) electrons. The molecule has 2 aliphatic rings. The molecule has 7 nitrogen and oxygen atoms in total. The van der Waals surface area contributed by atoms with Crippen molar-refractivity contribution in [3.05, 3.63) is 71.2 Å². The van der Waals surface area contributed by atoms with Crippen molar-refractivity contribution in [3.63, 3.8) is 0 Å². The van der Waals surface area contributed by atoms with Crippen molar-refractivity contribution in [2.75, 3.05) is 32.8 Å². The number of carbonyl (C=O) groups excluding carboxylic acids is 2. The maximum Gasteiger partial charge on any atom is 0.433 e. The Bertz CT molecular complexity index is 1520. The number of alkyl halides is 3. The molecule has 2 saturated heterocycles. The minimum absolute atomic E-state index is 0.0163. The van der Waals surface area contributed by atoms with Gasteiger partial charge in [-0.25, -0.2) is 13.8 Å². The van der Waals surface area contributed by atoms with E-state index in [1.54, 1.807) is 13.8 Å². The Morgan fingerprint density at radius 3 is 2.33 bits per heavy atom. The minimum Gasteiger partial charge on any atom is -0.380 e. The van der Waals surface area contributed by atoms with E-state index in [4.69, 9.17) is 9.26 Å². The van der Waals surface area contributed by atoms with Crippen LogP contribution in [0.1, 0.15) is 61.9 Å². The van der Waals surface area contributed by atoms with Gasteiger partial charge in [-0.1, -0.05) is 32.0 Å². The van der Waals surface area contributed by atoms with Gasteiger partial charge in [0, 0.05) is 73.0 Å². The van der Waals surface area contributed by atoms with Gasteiger partial charge < -0.3 is 14.2 Å². The predicted octanol–water partition coefficient (Wildman–Crippen LogP) is 6.27. The lowest BCUT2D eigenvalue weighted by Gasteiger charge is -2.54. The third kappa shape index (κ3) is 6.85. The number of ether oxygens (including phenoxy) is 1. The lowest BCUT2D eigenvalue weighted by molar-refractivity contribution is -0.143. The first-order chi connectivity index (χ1) is 20.1. The van der Waals surface area contributed by atoms with Gasteiger partial charge in [0.25, 0.3) is 0 Å². The Balaban J connectivity index is 1.31. The van der Waals surface area contributed by atoms with Crippen molar-refractivity contribution in [2.24, 2.45) is 10.8 Å². The van der Waals surface area contributed by atoms with Crippen LogP contribution in [-0.4, -0.2) is 59.5 Å². The number of benzene rings is 1. The molecule has 0 aliphatic carbocycles. The van der Waals surface area contributed by atoms with E-state index in [9.17, 15) is 31.5 Å². The van der Waals surface area contributed by atoms with E-state index in [1.807, 2.05) is 0 Å². The smallest absolute Gasteiger partial charge is 0.380 e. The van der Waals surface area contributed by atoms with Crippen molar-refractivity contribution >= 4 is 11.6 Å². The zero-order chi connectivity index (χ0) is 31.2. The van der Waals surface area contributed by atoms with Crippen LogP contribution in [0.15, 0.2) is 47.0 Å². The standard InChI is InChI=1S/C31H32F5N3O4/c1-28(2,26-5-4-6-27(37-26)31(34,35)36)11-20(40)12-30(15-39(16-30)14-29(3)17-42-18-29)13-24(41)23-10-25(43-38-23)21-8-7-19(32)9-22(21)33/h4-10H,11-18H2,1-3H3. The first-order valence-corrected chi connectivity index (χ1v) is 13.9. The van der Waals surface area contributed by atoms with E-state index in [2.05, 4.69) is 22.0 Å². The summed E-state index contributed by atoms with van der Waals surface area (Å²) >= 11 is 0. The maximum atomic E-state index is 14.3. The highest BCUT2D eigenvalue weighted by Gasteiger charge is 2.49. The summed E-state index contributed by atoms with van der Waals surface area (Å²) in [4.78, 5) is 32.8. The van der Waals surface area contributed by atoms with Crippen LogP contribution in [0.3, 0.4) is 0 Å². The molecule has 0 amide bonds. The molecule has 12 heteroatoms. The van der Waals surface area contributed by atoms with Gasteiger partial charge in [-0.3, -0.25) is 9.59 Å². The van der Waals surface area contributed by atoms with Crippen LogP contribution in [0.2, 0.25) is 0 Å². The molecule has 230 valence electrons. The van der Waals surface area contributed by atoms with E-state index in [0.29, 0.717) is 32.4 Å². The Morgan fingerprint density at radius 2 is 1.70 bits per heavy atom. The molecule has 0 atom stereocenters. The summed E-state index contributed by atoms with van der Waals surface area (Å²) in [6.07, 6.45) is -4.69. The summed E-state index contributed by atoms with van der Waals surface area (Å²) in [5.74, 6) is -2.26. The van der Waals surface area contributed by atoms with Crippen molar-refractivity contribution in [1.29, 1.82) is 0 Å². The number of hydrogen-bond acceptors (Lipinski definition) is 7. The third-order valence-corrected chi connectivity index (χ3v) is 8.10. The van der Waals surface area contributed by atoms with Crippen molar-refractivity contribution in [3.8, 4) is 11.3 Å². The molecule has 0 saturated carbocycles. The Hall–Kier alpha value is -3.51. The quantitative estimate of drug-likeness (QED) is 0.188. The Kier molecular flexibility index (Phi) is 8.06. The highest BCUT2D eigenvalue weighted by molar-refractivity contribution is 5.96. The molecule has 0 spiro atoms. The van der Waals surface area contributed by atoms with E-state index >= 15 is 0 Å². The molecule has 0 N–H and O–H groups in total. The average Bonchev–Trinajstić information content (AvgIpc) is 3.36. The summed E-state index contributed by atoms with van der Waals surface area (Å²) in [6, 6.07) is 7.88. The monoisotopic (exact) mass is 605 g/mol. The molecule has 2 fully saturated rings. The van der Waals surface area contributed by atoms with E-state index in [1.165, 1.54) is 24.3 Å². The first kappa shape index (κ1) is 30.9.